The van der Waals surface area contributed by atoms with Crippen LogP contribution < -0.4 is 12.8 Å². The molecule has 0 fully saturated rings. The van der Waals surface area contributed by atoms with Gasteiger partial charge in [-0.15, -0.1) is 0 Å². The number of nitrogens with zero attached hydrogens (tertiary/aromatic N) is 1. The summed E-state index contributed by atoms with van der Waals surface area (Å²) < 4.78 is 10.7. The lowest BCUT2D eigenvalue weighted by atomic mass is 10.1. The van der Waals surface area contributed by atoms with Crippen molar-refractivity contribution >= 4 is 70.3 Å². The molecule has 0 aliphatic heterocycles. The van der Waals surface area contributed by atoms with Crippen molar-refractivity contribution in [1.29, 1.82) is 0 Å². The van der Waals surface area contributed by atoms with E-state index in [4.69, 9.17) is 8.93 Å². The van der Waals surface area contributed by atoms with E-state index in [-0.39, 0.29) is 26.0 Å². The lowest BCUT2D eigenvalue weighted by Crippen LogP contribution is -2.50. The minimum atomic E-state index is -1.28. The lowest BCUT2D eigenvalue weighted by Gasteiger charge is -2.39. The highest BCUT2D eigenvalue weighted by Gasteiger charge is 2.25. The van der Waals surface area contributed by atoms with E-state index in [1.54, 1.807) is 0 Å². The third-order valence-corrected chi connectivity index (χ3v) is 7.72. The molecule has 192 valence electrons. The zero-order valence-electron chi connectivity index (χ0n) is 20.0. The van der Waals surface area contributed by atoms with E-state index in [0.717, 1.165) is 0 Å². The van der Waals surface area contributed by atoms with Crippen molar-refractivity contribution in [2.75, 3.05) is 26.2 Å². The fourth-order valence-electron chi connectivity index (χ4n) is 3.60. The van der Waals surface area contributed by atoms with Crippen LogP contribution in [-0.4, -0.2) is 41.7 Å². The highest BCUT2D eigenvalue weighted by molar-refractivity contribution is 9.11. The number of aromatic carboxylic acids is 1. The normalized spacial score (nSPS) is 11.0. The van der Waals surface area contributed by atoms with Gasteiger partial charge in [0.1, 0.15) is 0 Å². The Kier molecular flexibility index (Phi) is 18.3. The zero-order valence-corrected chi connectivity index (χ0v) is 26.4. The average Bonchev–Trinajstić information content (AvgIpc) is 2.80. The number of halogens is 4. The van der Waals surface area contributed by atoms with Crippen LogP contribution in [0.15, 0.2) is 8.95 Å². The van der Waals surface area contributed by atoms with Gasteiger partial charge in [-0.25, -0.2) is 4.79 Å². The summed E-state index contributed by atoms with van der Waals surface area (Å²) in [6, 6.07) is 0. The summed E-state index contributed by atoms with van der Waals surface area (Å²) in [5, 5.41) is 20.6. The fraction of sp³-hybridized carbons (Fsp3) is 0.696. The topological polar surface area (TPSA) is 78.8 Å². The third-order valence-electron chi connectivity index (χ3n) is 5.56. The van der Waals surface area contributed by atoms with Crippen LogP contribution in [0, 0.1) is 0 Å². The molecule has 1 aromatic rings. The zero-order chi connectivity index (χ0) is 25.4. The molecule has 1 aromatic carbocycles. The van der Waals surface area contributed by atoms with Crippen molar-refractivity contribution in [1.82, 2.24) is 0 Å². The maximum atomic E-state index is 11.7. The number of carbonyl (C=O) groups is 1. The van der Waals surface area contributed by atoms with Gasteiger partial charge in [0.25, 0.3) is 0 Å². The lowest BCUT2D eigenvalue weighted by molar-refractivity contribution is -0.929. The van der Waals surface area contributed by atoms with Gasteiger partial charge in [0, 0.05) is 4.47 Å². The molecule has 1 N–H and O–H groups in total. The Hall–Kier alpha value is -0.0300. The maximum Gasteiger partial charge on any atom is 0.338 e. The minimum Gasteiger partial charge on any atom is -0.869 e. The fourth-order valence-corrected chi connectivity index (χ4v) is 5.86. The van der Waals surface area contributed by atoms with Crippen LogP contribution in [0.25, 0.3) is 0 Å². The van der Waals surface area contributed by atoms with Crippen molar-refractivity contribution in [3.8, 4) is 17.2 Å². The smallest absolute Gasteiger partial charge is 0.338 e. The van der Waals surface area contributed by atoms with Crippen molar-refractivity contribution in [3.05, 3.63) is 14.5 Å². The monoisotopic (exact) mass is 723 g/mol. The second-order valence-electron chi connectivity index (χ2n) is 8.10. The van der Waals surface area contributed by atoms with Crippen molar-refractivity contribution in [2.24, 2.45) is 0 Å². The Morgan fingerprint density at radius 1 is 0.788 bits per heavy atom. The van der Waals surface area contributed by atoms with Gasteiger partial charge in [-0.2, -0.15) is 0 Å². The van der Waals surface area contributed by atoms with Crippen LogP contribution in [0.2, 0.25) is 0 Å². The molecule has 0 atom stereocenters. The first kappa shape index (κ1) is 33.0. The van der Waals surface area contributed by atoms with Crippen LogP contribution in [0.4, 0.5) is 0 Å². The molecule has 0 unspecified atom stereocenters. The molecule has 10 heteroatoms. The van der Waals surface area contributed by atoms with E-state index in [1.807, 2.05) is 0 Å². The Labute approximate surface area is 233 Å². The number of unbranched alkanes of at least 4 members (excludes halogenated alkanes) is 4. The predicted octanol–water partition coefficient (Wildman–Crippen LogP) is 8.36. The van der Waals surface area contributed by atoms with Crippen LogP contribution in [0.3, 0.4) is 0 Å². The van der Waals surface area contributed by atoms with Gasteiger partial charge < -0.3 is 22.4 Å². The van der Waals surface area contributed by atoms with Crippen molar-refractivity contribution < 1.29 is 27.1 Å². The number of carboxylic acid groups (broad SMARTS) is 1. The molecule has 0 bridgehead atoms. The summed E-state index contributed by atoms with van der Waals surface area (Å²) in [5.41, 5.74) is -0.243. The van der Waals surface area contributed by atoms with Gasteiger partial charge in [-0.1, -0.05) is 69.3 Å². The molecule has 33 heavy (non-hydrogen) atoms. The molecular formula is C23H37Br4NO5. The van der Waals surface area contributed by atoms with Gasteiger partial charge in [0.2, 0.25) is 0 Å². The number of rotatable bonds is 15. The standard InChI is InChI=1S/C16H36N.C7H2Br4O5/c1-5-9-13-17(14-10-6-2,15-11-7-3)16-12-8-4;8-2-1(7(13)14)3(9)5(15-10)6(16-11)4(2)12/h5-16H2,1-4H3;12H,(H,13,14)/q+1;/p-1. The Morgan fingerprint density at radius 2 is 1.15 bits per heavy atom. The summed E-state index contributed by atoms with van der Waals surface area (Å²) in [5.74, 6) is -2.17. The SMILES string of the molecule is CCCC[N+](CCCC)(CCCC)CCCC.O=C(O)c1c(Br)c([O-])c(OBr)c(OBr)c1Br. The van der Waals surface area contributed by atoms with Gasteiger partial charge in [0.05, 0.1) is 36.2 Å². The van der Waals surface area contributed by atoms with Crippen LogP contribution in [0.1, 0.15) is 89.4 Å². The molecule has 0 aromatic heterocycles. The van der Waals surface area contributed by atoms with Crippen molar-refractivity contribution in [3.63, 3.8) is 0 Å². The first-order valence-electron chi connectivity index (χ1n) is 11.6. The Balaban J connectivity index is 0.000000621. The second-order valence-corrected chi connectivity index (χ2v) is 10.3. The second kappa shape index (κ2) is 18.3. The average molecular weight is 727 g/mol. The van der Waals surface area contributed by atoms with Gasteiger partial charge in [-0.05, 0) is 47.4 Å². The summed E-state index contributed by atoms with van der Waals surface area (Å²) in [7, 11) is 0. The van der Waals surface area contributed by atoms with Crippen LogP contribution in [-0.2, 0) is 0 Å². The Bertz CT molecular complexity index is 681. The molecule has 0 amide bonds. The molecule has 0 saturated carbocycles. The molecule has 0 aliphatic carbocycles. The summed E-state index contributed by atoms with van der Waals surface area (Å²) in [6.07, 6.45) is 11.1. The maximum absolute atomic E-state index is 11.7. The van der Waals surface area contributed by atoms with Crippen LogP contribution in [0.5, 0.6) is 17.2 Å². The van der Waals surface area contributed by atoms with E-state index in [2.05, 4.69) is 95.9 Å². The molecule has 6 nitrogen and oxygen atoms in total. The Morgan fingerprint density at radius 3 is 1.42 bits per heavy atom. The highest BCUT2D eigenvalue weighted by Crippen LogP contribution is 2.49. The molecular weight excluding hydrogens is 690 g/mol. The first-order chi connectivity index (χ1) is 15.7. The quantitative estimate of drug-likeness (QED) is 0.184. The summed E-state index contributed by atoms with van der Waals surface area (Å²) >= 11 is 11.2. The van der Waals surface area contributed by atoms with Crippen molar-refractivity contribution in [2.45, 2.75) is 79.1 Å². The van der Waals surface area contributed by atoms with Gasteiger partial charge >= 0.3 is 5.97 Å². The largest absolute Gasteiger partial charge is 0.869 e. The van der Waals surface area contributed by atoms with Gasteiger partial charge in [0.15, 0.2) is 44.0 Å². The molecule has 0 spiro atoms. The molecule has 1 rings (SSSR count). The molecule has 0 saturated heterocycles. The molecule has 0 heterocycles. The van der Waals surface area contributed by atoms with E-state index in [0.29, 0.717) is 0 Å². The number of benzene rings is 1. The van der Waals surface area contributed by atoms with E-state index in [1.165, 1.54) is 82.0 Å². The highest BCUT2D eigenvalue weighted by atomic mass is 79.9. The number of hydrogen-bond acceptors (Lipinski definition) is 4. The van der Waals surface area contributed by atoms with Gasteiger partial charge in [-0.3, -0.25) is 0 Å². The van der Waals surface area contributed by atoms with E-state index in [9.17, 15) is 9.90 Å². The number of carboxylic acids is 1. The summed E-state index contributed by atoms with van der Waals surface area (Å²) in [4.78, 5) is 10.9. The van der Waals surface area contributed by atoms with E-state index < -0.39 is 11.7 Å². The number of quaternary nitrogens is 1. The minimum absolute atomic E-state index is 0.0672. The molecule has 0 radical (unpaired) electrons. The molecule has 0 aliphatic rings. The predicted molar refractivity (Wildman–Crippen MR) is 147 cm³/mol. The third kappa shape index (κ3) is 10.6. The summed E-state index contributed by atoms with van der Waals surface area (Å²) in [6.45, 7) is 15.0. The number of hydrogen-bond donors (Lipinski definition) is 1. The van der Waals surface area contributed by atoms with E-state index >= 15 is 0 Å². The van der Waals surface area contributed by atoms with Crippen LogP contribution >= 0.6 is 64.4 Å². The first-order valence-corrected chi connectivity index (χ1v) is 14.5.